The Labute approximate surface area is 74.2 Å². The van der Waals surface area contributed by atoms with E-state index in [2.05, 4.69) is 22.5 Å². The Balaban J connectivity index is 2.84. The van der Waals surface area contributed by atoms with Gasteiger partial charge in [-0.1, -0.05) is 12.2 Å². The Hall–Kier alpha value is -0.540. The molecule has 0 aliphatic rings. The van der Waals surface area contributed by atoms with Gasteiger partial charge in [-0.3, -0.25) is 0 Å². The van der Waals surface area contributed by atoms with Crippen LogP contribution < -0.4 is 5.73 Å². The van der Waals surface area contributed by atoms with Gasteiger partial charge in [0.2, 0.25) is 0 Å². The summed E-state index contributed by atoms with van der Waals surface area (Å²) in [6, 6.07) is 1.65. The van der Waals surface area contributed by atoms with Gasteiger partial charge in [-0.25, -0.2) is 0 Å². The predicted molar refractivity (Wildman–Crippen MR) is 48.2 cm³/mol. The van der Waals surface area contributed by atoms with Gasteiger partial charge < -0.3 is 10.2 Å². The second kappa shape index (κ2) is 3.24. The molecule has 0 saturated carbocycles. The quantitative estimate of drug-likeness (QED) is 0.771. The van der Waals surface area contributed by atoms with E-state index in [1.165, 1.54) is 0 Å². The monoisotopic (exact) mass is 215 g/mol. The van der Waals surface area contributed by atoms with Crippen LogP contribution in [0.1, 0.15) is 18.7 Å². The summed E-state index contributed by atoms with van der Waals surface area (Å²) in [6.07, 6.45) is 1.61. The number of rotatable bonds is 2. The lowest BCUT2D eigenvalue weighted by Gasteiger charge is -2.05. The van der Waals surface area contributed by atoms with Crippen molar-refractivity contribution in [2.75, 3.05) is 0 Å². The molecule has 0 saturated heterocycles. The Kier molecular flexibility index (Phi) is 2.52. The minimum Gasteiger partial charge on any atom is -0.466 e. The summed E-state index contributed by atoms with van der Waals surface area (Å²) in [5.74, 6) is 0.740. The van der Waals surface area contributed by atoms with Crippen molar-refractivity contribution in [1.82, 2.24) is 0 Å². The minimum atomic E-state index is -0.193. The molecule has 0 aliphatic carbocycles. The molecule has 11 heavy (non-hydrogen) atoms. The second-order valence-electron chi connectivity index (χ2n) is 2.49. The zero-order chi connectivity index (χ0) is 8.43. The minimum absolute atomic E-state index is 0.193. The number of nitrogens with two attached hydrogens (primary N) is 1. The van der Waals surface area contributed by atoms with Crippen molar-refractivity contribution < 1.29 is 4.42 Å². The smallest absolute Gasteiger partial charge is 0.125 e. The van der Waals surface area contributed by atoms with E-state index in [-0.39, 0.29) is 6.04 Å². The average Bonchev–Trinajstić information content (AvgIpc) is 2.34. The molecule has 2 nitrogen and oxygen atoms in total. The molecule has 0 fully saturated rings. The van der Waals surface area contributed by atoms with E-state index in [1.54, 1.807) is 6.26 Å². The Morgan fingerprint density at radius 3 is 2.82 bits per heavy atom. The first-order valence-corrected chi connectivity index (χ1v) is 4.05. The predicted octanol–water partition coefficient (Wildman–Crippen LogP) is 2.62. The first kappa shape index (κ1) is 8.56. The molecule has 0 unspecified atom stereocenters. The van der Waals surface area contributed by atoms with Crippen LogP contribution in [-0.2, 0) is 0 Å². The van der Waals surface area contributed by atoms with Crippen LogP contribution >= 0.6 is 15.9 Å². The van der Waals surface area contributed by atoms with E-state index in [9.17, 15) is 0 Å². The molecule has 2 N–H and O–H groups in total. The molecule has 1 aromatic rings. The third-order valence-electron chi connectivity index (χ3n) is 1.43. The van der Waals surface area contributed by atoms with Gasteiger partial charge in [-0.05, 0) is 28.9 Å². The Bertz CT molecular complexity index is 267. The van der Waals surface area contributed by atoms with Gasteiger partial charge >= 0.3 is 0 Å². The second-order valence-corrected chi connectivity index (χ2v) is 3.41. The van der Waals surface area contributed by atoms with Crippen molar-refractivity contribution >= 4 is 15.9 Å². The highest BCUT2D eigenvalue weighted by Gasteiger charge is 2.09. The largest absolute Gasteiger partial charge is 0.466 e. The van der Waals surface area contributed by atoms with Crippen molar-refractivity contribution in [3.8, 4) is 0 Å². The summed E-state index contributed by atoms with van der Waals surface area (Å²) in [5.41, 5.74) is 6.63. The number of hydrogen-bond donors (Lipinski definition) is 1. The molecular formula is C8H10BrNO. The topological polar surface area (TPSA) is 39.2 Å². The van der Waals surface area contributed by atoms with Crippen LogP contribution in [0.3, 0.4) is 0 Å². The lowest BCUT2D eigenvalue weighted by Crippen LogP contribution is -2.09. The Morgan fingerprint density at radius 1 is 1.82 bits per heavy atom. The van der Waals surface area contributed by atoms with Gasteiger partial charge in [0, 0.05) is 0 Å². The molecule has 1 heterocycles. The molecule has 1 atom stereocenters. The van der Waals surface area contributed by atoms with Gasteiger partial charge in [0.25, 0.3) is 0 Å². The Morgan fingerprint density at radius 2 is 2.45 bits per heavy atom. The van der Waals surface area contributed by atoms with E-state index in [4.69, 9.17) is 10.2 Å². The van der Waals surface area contributed by atoms with Crippen molar-refractivity contribution in [2.45, 2.75) is 13.0 Å². The first-order valence-electron chi connectivity index (χ1n) is 3.26. The molecule has 0 amide bonds. The number of furan rings is 1. The van der Waals surface area contributed by atoms with Crippen LogP contribution in [0, 0.1) is 0 Å². The summed E-state index contributed by atoms with van der Waals surface area (Å²) in [5, 5.41) is 0. The number of halogens is 1. The highest BCUT2D eigenvalue weighted by Crippen LogP contribution is 2.22. The fraction of sp³-hybridized carbons (Fsp3) is 0.250. The molecule has 0 radical (unpaired) electrons. The average molecular weight is 216 g/mol. The highest BCUT2D eigenvalue weighted by atomic mass is 79.9. The highest BCUT2D eigenvalue weighted by molar-refractivity contribution is 9.10. The van der Waals surface area contributed by atoms with Crippen LogP contribution in [0.25, 0.3) is 0 Å². The maximum atomic E-state index is 5.74. The molecule has 60 valence electrons. The van der Waals surface area contributed by atoms with Gasteiger partial charge in [0.05, 0.1) is 10.5 Å². The lowest BCUT2D eigenvalue weighted by molar-refractivity contribution is 0.487. The standard InChI is InChI=1S/C8H10BrNO/c1-5(2)8(10)7-3-6(9)4-11-7/h3-4,8H,1,10H2,2H3/t8-/m1/s1. The van der Waals surface area contributed by atoms with Crippen LogP contribution in [0.5, 0.6) is 0 Å². The van der Waals surface area contributed by atoms with Crippen molar-refractivity contribution in [2.24, 2.45) is 5.73 Å². The summed E-state index contributed by atoms with van der Waals surface area (Å²) in [4.78, 5) is 0. The van der Waals surface area contributed by atoms with Crippen LogP contribution in [0.4, 0.5) is 0 Å². The molecule has 0 spiro atoms. The van der Waals surface area contributed by atoms with Crippen molar-refractivity contribution in [1.29, 1.82) is 0 Å². The van der Waals surface area contributed by atoms with E-state index in [1.807, 2.05) is 13.0 Å². The van der Waals surface area contributed by atoms with Crippen LogP contribution in [0.15, 0.2) is 33.4 Å². The SMILES string of the molecule is C=C(C)[C@@H](N)c1cc(Br)co1. The molecule has 0 bridgehead atoms. The fourth-order valence-corrected chi connectivity index (χ4v) is 1.05. The summed E-state index contributed by atoms with van der Waals surface area (Å²) < 4.78 is 6.06. The summed E-state index contributed by atoms with van der Waals surface area (Å²) in [6.45, 7) is 5.62. The van der Waals surface area contributed by atoms with Crippen molar-refractivity contribution in [3.05, 3.63) is 34.7 Å². The van der Waals surface area contributed by atoms with E-state index in [0.29, 0.717) is 0 Å². The van der Waals surface area contributed by atoms with Crippen LogP contribution in [-0.4, -0.2) is 0 Å². The maximum absolute atomic E-state index is 5.74. The molecule has 3 heteroatoms. The molecule has 1 aromatic heterocycles. The van der Waals surface area contributed by atoms with Gasteiger partial charge in [-0.15, -0.1) is 0 Å². The normalized spacial score (nSPS) is 13.0. The molecular weight excluding hydrogens is 206 g/mol. The zero-order valence-electron chi connectivity index (χ0n) is 6.30. The van der Waals surface area contributed by atoms with Crippen molar-refractivity contribution in [3.63, 3.8) is 0 Å². The fourth-order valence-electron chi connectivity index (χ4n) is 0.734. The lowest BCUT2D eigenvalue weighted by atomic mass is 10.1. The van der Waals surface area contributed by atoms with Crippen LogP contribution in [0.2, 0.25) is 0 Å². The third-order valence-corrected chi connectivity index (χ3v) is 1.84. The molecule has 0 aliphatic heterocycles. The van der Waals surface area contributed by atoms with E-state index < -0.39 is 0 Å². The molecule has 1 rings (SSSR count). The van der Waals surface area contributed by atoms with E-state index in [0.717, 1.165) is 15.8 Å². The van der Waals surface area contributed by atoms with E-state index >= 15 is 0 Å². The molecule has 0 aromatic carbocycles. The van der Waals surface area contributed by atoms with Gasteiger partial charge in [0.1, 0.15) is 12.0 Å². The third kappa shape index (κ3) is 1.94. The maximum Gasteiger partial charge on any atom is 0.125 e. The summed E-state index contributed by atoms with van der Waals surface area (Å²) >= 11 is 3.27. The van der Waals surface area contributed by atoms with Gasteiger partial charge in [0.15, 0.2) is 0 Å². The number of hydrogen-bond acceptors (Lipinski definition) is 2. The first-order chi connectivity index (χ1) is 5.11. The zero-order valence-corrected chi connectivity index (χ0v) is 7.89. The summed E-state index contributed by atoms with van der Waals surface area (Å²) in [7, 11) is 0. The van der Waals surface area contributed by atoms with Gasteiger partial charge in [-0.2, -0.15) is 0 Å².